The van der Waals surface area contributed by atoms with Crippen molar-refractivity contribution in [2.45, 2.75) is 59.5 Å². The minimum absolute atomic E-state index is 0.263. The molecule has 1 rings (SSSR count). The maximum Gasteiger partial charge on any atom is 0.189 e. The molecular formula is C14H26O2. The third kappa shape index (κ3) is 3.24. The van der Waals surface area contributed by atoms with Crippen LogP contribution in [0, 0.1) is 11.8 Å². The Morgan fingerprint density at radius 2 is 1.75 bits per heavy atom. The molecule has 1 unspecified atom stereocenters. The lowest BCUT2D eigenvalue weighted by atomic mass is 9.92. The van der Waals surface area contributed by atoms with Crippen LogP contribution < -0.4 is 0 Å². The average Bonchev–Trinajstić information content (AvgIpc) is 2.33. The van der Waals surface area contributed by atoms with Crippen molar-refractivity contribution in [2.75, 3.05) is 6.79 Å². The topological polar surface area (TPSA) is 18.5 Å². The summed E-state index contributed by atoms with van der Waals surface area (Å²) in [6.07, 6.45) is 7.13. The van der Waals surface area contributed by atoms with Gasteiger partial charge in [0.05, 0.1) is 6.10 Å². The van der Waals surface area contributed by atoms with E-state index in [1.807, 2.05) is 0 Å². The van der Waals surface area contributed by atoms with Gasteiger partial charge in [-0.3, -0.25) is 0 Å². The number of hydrogen-bond donors (Lipinski definition) is 0. The van der Waals surface area contributed by atoms with Gasteiger partial charge in [-0.15, -0.1) is 0 Å². The first kappa shape index (κ1) is 13.6. The number of hydrogen-bond acceptors (Lipinski definition) is 2. The molecule has 1 aliphatic rings. The van der Waals surface area contributed by atoms with Crippen molar-refractivity contribution in [1.82, 2.24) is 0 Å². The molecule has 0 saturated heterocycles. The summed E-state index contributed by atoms with van der Waals surface area (Å²) < 4.78 is 11.3. The zero-order valence-corrected chi connectivity index (χ0v) is 11.2. The molecule has 0 fully saturated rings. The molecule has 0 aliphatic carbocycles. The SMILES string of the molecule is CCC(CC)C1=CC(C(CC)CC)OCO1. The van der Waals surface area contributed by atoms with Gasteiger partial charge in [-0.1, -0.05) is 40.5 Å². The predicted octanol–water partition coefficient (Wildman–Crippen LogP) is 4.12. The van der Waals surface area contributed by atoms with Crippen LogP contribution in [0.25, 0.3) is 0 Å². The zero-order chi connectivity index (χ0) is 12.0. The molecule has 1 atom stereocenters. The zero-order valence-electron chi connectivity index (χ0n) is 11.2. The maximum atomic E-state index is 5.69. The van der Waals surface area contributed by atoms with Crippen molar-refractivity contribution in [2.24, 2.45) is 11.8 Å². The van der Waals surface area contributed by atoms with Crippen molar-refractivity contribution in [3.63, 3.8) is 0 Å². The summed E-state index contributed by atoms with van der Waals surface area (Å²) >= 11 is 0. The molecule has 0 aromatic carbocycles. The molecule has 0 saturated carbocycles. The molecule has 0 N–H and O–H groups in total. The normalized spacial score (nSPS) is 21.1. The predicted molar refractivity (Wildman–Crippen MR) is 67.1 cm³/mol. The third-order valence-electron chi connectivity index (χ3n) is 3.72. The fourth-order valence-electron chi connectivity index (χ4n) is 2.41. The van der Waals surface area contributed by atoms with Gasteiger partial charge in [-0.05, 0) is 24.8 Å². The highest BCUT2D eigenvalue weighted by molar-refractivity contribution is 5.05. The lowest BCUT2D eigenvalue weighted by Gasteiger charge is -2.30. The van der Waals surface area contributed by atoms with E-state index < -0.39 is 0 Å². The van der Waals surface area contributed by atoms with Gasteiger partial charge in [0.1, 0.15) is 5.76 Å². The Bertz CT molecular complexity index is 215. The fourth-order valence-corrected chi connectivity index (χ4v) is 2.41. The number of rotatable bonds is 6. The van der Waals surface area contributed by atoms with E-state index in [1.54, 1.807) is 0 Å². The average molecular weight is 226 g/mol. The fraction of sp³-hybridized carbons (Fsp3) is 0.857. The Labute approximate surface area is 100 Å². The highest BCUT2D eigenvalue weighted by Crippen LogP contribution is 2.28. The van der Waals surface area contributed by atoms with E-state index >= 15 is 0 Å². The monoisotopic (exact) mass is 226 g/mol. The summed E-state index contributed by atoms with van der Waals surface area (Å²) in [6.45, 7) is 9.35. The minimum Gasteiger partial charge on any atom is -0.472 e. The van der Waals surface area contributed by atoms with E-state index in [1.165, 1.54) is 12.8 Å². The molecule has 0 radical (unpaired) electrons. The summed E-state index contributed by atoms with van der Waals surface area (Å²) in [5.41, 5.74) is 0. The maximum absolute atomic E-state index is 5.69. The molecule has 94 valence electrons. The number of allylic oxidation sites excluding steroid dienone is 1. The molecule has 1 aliphatic heterocycles. The van der Waals surface area contributed by atoms with Crippen LogP contribution in [0.4, 0.5) is 0 Å². The third-order valence-corrected chi connectivity index (χ3v) is 3.72. The van der Waals surface area contributed by atoms with Crippen LogP contribution in [0.3, 0.4) is 0 Å². The standard InChI is InChI=1S/C14H26O2/c1-5-11(6-2)13-9-14(16-10-15-13)12(7-3)8-4/h9,11-13H,5-8,10H2,1-4H3. The van der Waals surface area contributed by atoms with E-state index in [2.05, 4.69) is 33.8 Å². The van der Waals surface area contributed by atoms with Crippen LogP contribution in [0.2, 0.25) is 0 Å². The van der Waals surface area contributed by atoms with Gasteiger partial charge in [0.25, 0.3) is 0 Å². The Kier molecular flexibility index (Phi) is 5.89. The second-order valence-corrected chi connectivity index (χ2v) is 4.55. The summed E-state index contributed by atoms with van der Waals surface area (Å²) in [4.78, 5) is 0. The highest BCUT2D eigenvalue weighted by atomic mass is 16.7. The molecule has 0 spiro atoms. The molecule has 0 aromatic heterocycles. The van der Waals surface area contributed by atoms with Crippen LogP contribution in [0.15, 0.2) is 11.8 Å². The van der Waals surface area contributed by atoms with E-state index in [-0.39, 0.29) is 6.10 Å². The van der Waals surface area contributed by atoms with Gasteiger partial charge < -0.3 is 9.47 Å². The second kappa shape index (κ2) is 6.95. The van der Waals surface area contributed by atoms with Crippen molar-refractivity contribution in [3.05, 3.63) is 11.8 Å². The van der Waals surface area contributed by atoms with E-state index in [9.17, 15) is 0 Å². The molecule has 1 heterocycles. The van der Waals surface area contributed by atoms with Crippen LogP contribution >= 0.6 is 0 Å². The van der Waals surface area contributed by atoms with Crippen LogP contribution in [-0.2, 0) is 9.47 Å². The summed E-state index contributed by atoms with van der Waals surface area (Å²) in [5.74, 6) is 2.36. The number of ether oxygens (including phenoxy) is 2. The van der Waals surface area contributed by atoms with Gasteiger partial charge in [-0.25, -0.2) is 0 Å². The minimum atomic E-state index is 0.263. The first-order valence-electron chi connectivity index (χ1n) is 6.72. The molecule has 16 heavy (non-hydrogen) atoms. The van der Waals surface area contributed by atoms with Crippen molar-refractivity contribution >= 4 is 0 Å². The molecule has 0 aromatic rings. The first-order valence-corrected chi connectivity index (χ1v) is 6.72. The largest absolute Gasteiger partial charge is 0.472 e. The molecule has 2 heteroatoms. The molecule has 2 nitrogen and oxygen atoms in total. The summed E-state index contributed by atoms with van der Waals surface area (Å²) in [7, 11) is 0. The van der Waals surface area contributed by atoms with Gasteiger partial charge in [-0.2, -0.15) is 0 Å². The Balaban J connectivity index is 2.71. The van der Waals surface area contributed by atoms with E-state index in [4.69, 9.17) is 9.47 Å². The Hall–Kier alpha value is -0.500. The van der Waals surface area contributed by atoms with Gasteiger partial charge in [0, 0.05) is 5.92 Å². The van der Waals surface area contributed by atoms with E-state index in [0.717, 1.165) is 18.6 Å². The molecule has 0 amide bonds. The smallest absolute Gasteiger partial charge is 0.189 e. The molecule has 0 bridgehead atoms. The van der Waals surface area contributed by atoms with Crippen molar-refractivity contribution in [3.8, 4) is 0 Å². The van der Waals surface area contributed by atoms with Gasteiger partial charge in [0.15, 0.2) is 6.79 Å². The van der Waals surface area contributed by atoms with Crippen LogP contribution in [0.5, 0.6) is 0 Å². The van der Waals surface area contributed by atoms with Gasteiger partial charge in [0.2, 0.25) is 0 Å². The second-order valence-electron chi connectivity index (χ2n) is 4.55. The summed E-state index contributed by atoms with van der Waals surface area (Å²) in [5, 5.41) is 0. The quantitative estimate of drug-likeness (QED) is 0.678. The Morgan fingerprint density at radius 1 is 1.12 bits per heavy atom. The van der Waals surface area contributed by atoms with E-state index in [0.29, 0.717) is 18.6 Å². The summed E-state index contributed by atoms with van der Waals surface area (Å²) in [6, 6.07) is 0. The van der Waals surface area contributed by atoms with Gasteiger partial charge >= 0.3 is 0 Å². The van der Waals surface area contributed by atoms with Crippen molar-refractivity contribution in [1.29, 1.82) is 0 Å². The van der Waals surface area contributed by atoms with Crippen LogP contribution in [0.1, 0.15) is 53.4 Å². The van der Waals surface area contributed by atoms with Crippen LogP contribution in [-0.4, -0.2) is 12.9 Å². The Morgan fingerprint density at radius 3 is 2.25 bits per heavy atom. The lowest BCUT2D eigenvalue weighted by molar-refractivity contribution is -0.0963. The highest BCUT2D eigenvalue weighted by Gasteiger charge is 2.24. The first-order chi connectivity index (χ1) is 7.76. The lowest BCUT2D eigenvalue weighted by Crippen LogP contribution is -2.28. The molecular weight excluding hydrogens is 200 g/mol. The van der Waals surface area contributed by atoms with Crippen molar-refractivity contribution < 1.29 is 9.47 Å².